The van der Waals surface area contributed by atoms with Gasteiger partial charge < -0.3 is 4.74 Å². The zero-order valence-corrected chi connectivity index (χ0v) is 11.0. The van der Waals surface area contributed by atoms with E-state index in [4.69, 9.17) is 0 Å². The molecule has 0 heterocycles. The van der Waals surface area contributed by atoms with Crippen LogP contribution in [0.2, 0.25) is 0 Å². The maximum absolute atomic E-state index is 12.4. The molecule has 0 radical (unpaired) electrons. The minimum Gasteiger partial charge on any atom is -0.468 e. The zero-order chi connectivity index (χ0) is 13.1. The van der Waals surface area contributed by atoms with E-state index in [2.05, 4.69) is 4.74 Å². The number of methoxy groups -OCH3 is 1. The Bertz CT molecular complexity index is 492. The van der Waals surface area contributed by atoms with Gasteiger partial charge in [-0.25, -0.2) is 8.42 Å². The van der Waals surface area contributed by atoms with Gasteiger partial charge in [0.25, 0.3) is 0 Å². The van der Waals surface area contributed by atoms with Crippen LogP contribution in [0.25, 0.3) is 0 Å². The van der Waals surface area contributed by atoms with Gasteiger partial charge in [-0.15, -0.1) is 0 Å². The minimum atomic E-state index is -3.74. The molecule has 0 spiro atoms. The summed E-state index contributed by atoms with van der Waals surface area (Å²) in [5.41, 5.74) is 0. The fraction of sp³-hybridized carbons (Fsp3) is 0.417. The maximum Gasteiger partial charge on any atom is 0.327 e. The summed E-state index contributed by atoms with van der Waals surface area (Å²) < 4.78 is 27.8. The third-order valence-electron chi connectivity index (χ3n) is 2.94. The first-order valence-corrected chi connectivity index (χ1v) is 6.76. The van der Waals surface area contributed by atoms with E-state index in [1.165, 1.54) is 26.2 Å². The lowest BCUT2D eigenvalue weighted by Gasteiger charge is -2.24. The van der Waals surface area contributed by atoms with E-state index in [0.29, 0.717) is 0 Å². The number of hydrogen-bond acceptors (Lipinski definition) is 4. The molecule has 0 saturated heterocycles. The van der Waals surface area contributed by atoms with Gasteiger partial charge in [0.15, 0.2) is 14.6 Å². The van der Waals surface area contributed by atoms with Crippen molar-refractivity contribution in [1.29, 1.82) is 0 Å². The predicted octanol–water partition coefficient (Wildman–Crippen LogP) is 1.80. The summed E-state index contributed by atoms with van der Waals surface area (Å²) in [6.07, 6.45) is 0.164. The van der Waals surface area contributed by atoms with Crippen LogP contribution in [-0.2, 0) is 19.4 Å². The molecule has 94 valence electrons. The van der Waals surface area contributed by atoms with Crippen LogP contribution in [0.5, 0.6) is 0 Å². The Labute approximate surface area is 102 Å². The van der Waals surface area contributed by atoms with Gasteiger partial charge in [0, 0.05) is 0 Å². The van der Waals surface area contributed by atoms with E-state index in [9.17, 15) is 13.2 Å². The minimum absolute atomic E-state index is 0.134. The van der Waals surface area contributed by atoms with Gasteiger partial charge in [-0.2, -0.15) is 0 Å². The highest BCUT2D eigenvalue weighted by Crippen LogP contribution is 2.29. The van der Waals surface area contributed by atoms with Crippen LogP contribution in [0.4, 0.5) is 0 Å². The molecule has 1 unspecified atom stereocenters. The van der Waals surface area contributed by atoms with Gasteiger partial charge in [-0.1, -0.05) is 25.1 Å². The molecule has 0 N–H and O–H groups in total. The summed E-state index contributed by atoms with van der Waals surface area (Å²) in [7, 11) is -2.55. The third-order valence-corrected chi connectivity index (χ3v) is 5.47. The molecule has 0 amide bonds. The molecule has 1 atom stereocenters. The summed E-state index contributed by atoms with van der Waals surface area (Å²) in [6.45, 7) is 3.04. The molecular formula is C12H16O4S. The number of rotatable bonds is 4. The smallest absolute Gasteiger partial charge is 0.327 e. The van der Waals surface area contributed by atoms with Crippen molar-refractivity contribution in [1.82, 2.24) is 0 Å². The quantitative estimate of drug-likeness (QED) is 0.612. The van der Waals surface area contributed by atoms with Crippen molar-refractivity contribution in [3.8, 4) is 0 Å². The Hall–Kier alpha value is -1.36. The molecule has 4 nitrogen and oxygen atoms in total. The summed E-state index contributed by atoms with van der Waals surface area (Å²) >= 11 is 0. The lowest BCUT2D eigenvalue weighted by Crippen LogP contribution is -2.43. The fourth-order valence-corrected chi connectivity index (χ4v) is 3.24. The van der Waals surface area contributed by atoms with Gasteiger partial charge in [0.2, 0.25) is 0 Å². The van der Waals surface area contributed by atoms with Crippen molar-refractivity contribution in [3.05, 3.63) is 30.3 Å². The van der Waals surface area contributed by atoms with E-state index in [-0.39, 0.29) is 11.3 Å². The molecule has 0 bridgehead atoms. The van der Waals surface area contributed by atoms with Crippen LogP contribution in [0, 0.1) is 0 Å². The number of ether oxygens (including phenoxy) is 1. The molecule has 5 heteroatoms. The van der Waals surface area contributed by atoms with Crippen LogP contribution < -0.4 is 0 Å². The highest BCUT2D eigenvalue weighted by Gasteiger charge is 2.46. The first-order valence-electron chi connectivity index (χ1n) is 5.28. The van der Waals surface area contributed by atoms with E-state index < -0.39 is 20.6 Å². The van der Waals surface area contributed by atoms with Crippen molar-refractivity contribution in [2.24, 2.45) is 0 Å². The van der Waals surface area contributed by atoms with Crippen molar-refractivity contribution in [2.45, 2.75) is 29.9 Å². The Morgan fingerprint density at radius 1 is 1.29 bits per heavy atom. The SMILES string of the molecule is COC(=O)C(C)(C[13CH3])S(=O)(=O)[13c]1ccc[13cH][13cH]1. The average molecular weight is 260 g/mol. The van der Waals surface area contributed by atoms with Crippen molar-refractivity contribution in [3.63, 3.8) is 0 Å². The standard InChI is InChI=1S/C12H16O4S/c1-4-12(2,11(13)16-3)17(14,15)10-8-6-5-7-9-10/h5-9H,4H2,1-3H3/i1+1,6+1,8+1,10+1. The van der Waals surface area contributed by atoms with Crippen LogP contribution in [0.3, 0.4) is 0 Å². The second kappa shape index (κ2) is 4.87. The third kappa shape index (κ3) is 2.20. The lowest BCUT2D eigenvalue weighted by molar-refractivity contribution is -0.143. The summed E-state index contributed by atoms with van der Waals surface area (Å²) in [6, 6.07) is 7.93. The van der Waals surface area contributed by atoms with Crippen LogP contribution in [-0.4, -0.2) is 26.2 Å². The Balaban J connectivity index is 3.35. The van der Waals surface area contributed by atoms with Crippen LogP contribution >= 0.6 is 0 Å². The van der Waals surface area contributed by atoms with Gasteiger partial charge in [0.1, 0.15) is 0 Å². The zero-order valence-electron chi connectivity index (χ0n) is 10.1. The molecule has 0 fully saturated rings. The topological polar surface area (TPSA) is 60.4 Å². The second-order valence-corrected chi connectivity index (χ2v) is 6.27. The summed E-state index contributed by atoms with van der Waals surface area (Å²) in [5, 5.41) is 0. The normalized spacial score (nSPS) is 15.0. The van der Waals surface area contributed by atoms with Crippen molar-refractivity contribution < 1.29 is 17.9 Å². The first-order chi connectivity index (χ1) is 7.90. The number of esters is 1. The highest BCUT2D eigenvalue weighted by atomic mass is 32.2. The maximum atomic E-state index is 12.4. The number of sulfone groups is 1. The second-order valence-electron chi connectivity index (χ2n) is 3.89. The molecule has 0 aliphatic rings. The Morgan fingerprint density at radius 3 is 2.24 bits per heavy atom. The molecule has 17 heavy (non-hydrogen) atoms. The Kier molecular flexibility index (Phi) is 3.93. The molecule has 0 aliphatic carbocycles. The lowest BCUT2D eigenvalue weighted by atomic mass is 10.1. The predicted molar refractivity (Wildman–Crippen MR) is 64.3 cm³/mol. The monoisotopic (exact) mass is 260 g/mol. The fourth-order valence-electron chi connectivity index (χ4n) is 1.52. The average Bonchev–Trinajstić information content (AvgIpc) is 2.37. The van der Waals surface area contributed by atoms with E-state index in [0.717, 1.165) is 0 Å². The van der Waals surface area contributed by atoms with Gasteiger partial charge >= 0.3 is 5.97 Å². The van der Waals surface area contributed by atoms with E-state index in [1.807, 2.05) is 0 Å². The first kappa shape index (κ1) is 13.7. The number of carbonyl (C=O) groups excluding carboxylic acids is 1. The largest absolute Gasteiger partial charge is 0.468 e. The molecule has 1 aromatic rings. The molecule has 0 aliphatic heterocycles. The molecule has 1 aromatic carbocycles. The Morgan fingerprint density at radius 2 is 1.82 bits per heavy atom. The van der Waals surface area contributed by atoms with E-state index in [1.54, 1.807) is 25.1 Å². The summed E-state index contributed by atoms with van der Waals surface area (Å²) in [4.78, 5) is 11.8. The van der Waals surface area contributed by atoms with Crippen LogP contribution in [0.1, 0.15) is 20.3 Å². The van der Waals surface area contributed by atoms with Crippen molar-refractivity contribution >= 4 is 15.8 Å². The number of benzene rings is 1. The van der Waals surface area contributed by atoms with Gasteiger partial charge in [-0.05, 0) is 25.5 Å². The molecule has 0 saturated carbocycles. The van der Waals surface area contributed by atoms with Gasteiger partial charge in [0.05, 0.1) is 12.0 Å². The number of carbonyl (C=O) groups is 1. The molecule has 1 rings (SSSR count). The number of hydrogen-bond donors (Lipinski definition) is 0. The molecular weight excluding hydrogens is 244 g/mol. The van der Waals surface area contributed by atoms with E-state index >= 15 is 0 Å². The molecule has 0 aromatic heterocycles. The van der Waals surface area contributed by atoms with Crippen molar-refractivity contribution in [2.75, 3.05) is 7.11 Å². The van der Waals surface area contributed by atoms with Crippen LogP contribution in [0.15, 0.2) is 35.2 Å². The van der Waals surface area contributed by atoms with Gasteiger partial charge in [-0.3, -0.25) is 4.79 Å². The highest BCUT2D eigenvalue weighted by molar-refractivity contribution is 7.93. The summed E-state index contributed by atoms with van der Waals surface area (Å²) in [5.74, 6) is -0.733.